The summed E-state index contributed by atoms with van der Waals surface area (Å²) >= 11 is 1.43. The minimum Gasteiger partial charge on any atom is -0.466 e. The van der Waals surface area contributed by atoms with Gasteiger partial charge in [0.05, 0.1) is 12.8 Å². The first-order chi connectivity index (χ1) is 13.1. The molecule has 0 radical (unpaired) electrons. The van der Waals surface area contributed by atoms with E-state index < -0.39 is 17.4 Å². The maximum atomic E-state index is 12.1. The molecule has 0 saturated heterocycles. The number of nitrogens with one attached hydrogen (secondary N) is 2. The highest BCUT2D eigenvalue weighted by Crippen LogP contribution is 2.30. The number of hydrogen-bond donors (Lipinski definition) is 3. The number of thiophene rings is 1. The Kier molecular flexibility index (Phi) is 6.47. The largest absolute Gasteiger partial charge is 0.466 e. The fraction of sp³-hybridized carbons (Fsp3) is 0.400. The number of aliphatic hydroxyl groups is 1. The van der Waals surface area contributed by atoms with Gasteiger partial charge in [-0.05, 0) is 61.1 Å². The number of hydrogen-bond acceptors (Lipinski definition) is 5. The van der Waals surface area contributed by atoms with Crippen LogP contribution in [0.3, 0.4) is 0 Å². The lowest BCUT2D eigenvalue weighted by Gasteiger charge is -2.25. The zero-order valence-electron chi connectivity index (χ0n) is 15.1. The molecule has 0 aliphatic heterocycles. The van der Waals surface area contributed by atoms with Crippen molar-refractivity contribution in [2.75, 3.05) is 13.1 Å². The smallest absolute Gasteiger partial charge is 0.309 e. The second-order valence-electron chi connectivity index (χ2n) is 6.65. The van der Waals surface area contributed by atoms with E-state index in [2.05, 4.69) is 16.7 Å². The Labute approximate surface area is 162 Å². The molecule has 2 aromatic heterocycles. The van der Waals surface area contributed by atoms with Gasteiger partial charge in [-0.3, -0.25) is 9.59 Å². The van der Waals surface area contributed by atoms with Crippen LogP contribution >= 0.6 is 11.3 Å². The van der Waals surface area contributed by atoms with Gasteiger partial charge in [-0.1, -0.05) is 11.6 Å². The van der Waals surface area contributed by atoms with E-state index >= 15 is 0 Å². The van der Waals surface area contributed by atoms with Crippen LogP contribution in [0, 0.1) is 0 Å². The van der Waals surface area contributed by atoms with Crippen molar-refractivity contribution >= 4 is 23.2 Å². The third kappa shape index (κ3) is 4.87. The molecule has 3 rings (SSSR count). The fourth-order valence-corrected chi connectivity index (χ4v) is 3.91. The Balaban J connectivity index is 1.53. The Bertz CT molecular complexity index is 747. The van der Waals surface area contributed by atoms with Gasteiger partial charge in [0.2, 0.25) is 0 Å². The maximum absolute atomic E-state index is 12.1. The van der Waals surface area contributed by atoms with E-state index in [-0.39, 0.29) is 6.54 Å². The summed E-state index contributed by atoms with van der Waals surface area (Å²) in [6, 6.07) is 5.07. The van der Waals surface area contributed by atoms with E-state index in [1.807, 2.05) is 5.38 Å². The lowest BCUT2D eigenvalue weighted by molar-refractivity contribution is -0.139. The summed E-state index contributed by atoms with van der Waals surface area (Å²) in [5, 5.41) is 19.8. The quantitative estimate of drug-likeness (QED) is 0.502. The first-order valence-corrected chi connectivity index (χ1v) is 10.1. The van der Waals surface area contributed by atoms with Crippen molar-refractivity contribution in [3.8, 4) is 0 Å². The Morgan fingerprint density at radius 3 is 2.74 bits per heavy atom. The van der Waals surface area contributed by atoms with E-state index in [0.717, 1.165) is 19.3 Å². The maximum Gasteiger partial charge on any atom is 0.309 e. The molecule has 7 heteroatoms. The molecular weight excluding hydrogens is 364 g/mol. The molecule has 2 amide bonds. The van der Waals surface area contributed by atoms with Crippen molar-refractivity contribution in [2.24, 2.45) is 0 Å². The van der Waals surface area contributed by atoms with Gasteiger partial charge in [-0.15, -0.1) is 0 Å². The van der Waals surface area contributed by atoms with Crippen LogP contribution < -0.4 is 10.6 Å². The third-order valence-corrected chi connectivity index (χ3v) is 5.44. The first-order valence-electron chi connectivity index (χ1n) is 9.12. The van der Waals surface area contributed by atoms with Gasteiger partial charge in [0, 0.05) is 12.1 Å². The molecule has 2 aromatic rings. The summed E-state index contributed by atoms with van der Waals surface area (Å²) in [5.41, 5.74) is 0.422. The molecular formula is C20H24N2O4S. The second kappa shape index (κ2) is 9.01. The van der Waals surface area contributed by atoms with Gasteiger partial charge in [-0.25, -0.2) is 0 Å². The third-order valence-electron chi connectivity index (χ3n) is 4.76. The number of allylic oxidation sites excluding steroid dienone is 1. The topological polar surface area (TPSA) is 91.6 Å². The van der Waals surface area contributed by atoms with E-state index in [1.54, 1.807) is 23.6 Å². The fourth-order valence-electron chi connectivity index (χ4n) is 3.18. The van der Waals surface area contributed by atoms with Gasteiger partial charge in [0.1, 0.15) is 5.76 Å². The molecule has 0 bridgehead atoms. The average molecular weight is 388 g/mol. The van der Waals surface area contributed by atoms with Crippen molar-refractivity contribution in [3.63, 3.8) is 0 Å². The normalized spacial score (nSPS) is 16.3. The van der Waals surface area contributed by atoms with Crippen LogP contribution in [-0.4, -0.2) is 30.0 Å². The summed E-state index contributed by atoms with van der Waals surface area (Å²) < 4.78 is 5.34. The highest BCUT2D eigenvalue weighted by molar-refractivity contribution is 7.08. The number of amides is 2. The molecule has 0 unspecified atom stereocenters. The molecule has 0 spiro atoms. The molecule has 1 aliphatic carbocycles. The molecule has 1 atom stereocenters. The van der Waals surface area contributed by atoms with Crippen molar-refractivity contribution in [3.05, 3.63) is 58.2 Å². The highest BCUT2D eigenvalue weighted by atomic mass is 32.1. The van der Waals surface area contributed by atoms with Crippen molar-refractivity contribution in [1.82, 2.24) is 10.6 Å². The molecule has 1 aliphatic rings. The minimum atomic E-state index is -1.52. The minimum absolute atomic E-state index is 0.158. The number of carbonyl (C=O) groups excluding carboxylic acids is 2. The SMILES string of the molecule is O=C(NCCC1=CCCCC1)C(=O)NC[C@@](O)(c1ccsc1)c1ccco1. The van der Waals surface area contributed by atoms with Gasteiger partial charge in [0.15, 0.2) is 5.60 Å². The van der Waals surface area contributed by atoms with Gasteiger partial charge >= 0.3 is 11.8 Å². The van der Waals surface area contributed by atoms with Gasteiger partial charge in [0.25, 0.3) is 0 Å². The number of carbonyl (C=O) groups is 2. The molecule has 0 fully saturated rings. The van der Waals surface area contributed by atoms with E-state index in [0.29, 0.717) is 17.9 Å². The highest BCUT2D eigenvalue weighted by Gasteiger charge is 2.36. The summed E-state index contributed by atoms with van der Waals surface area (Å²) in [7, 11) is 0. The van der Waals surface area contributed by atoms with Crippen molar-refractivity contribution in [1.29, 1.82) is 0 Å². The van der Waals surface area contributed by atoms with Crippen LogP contribution in [0.15, 0.2) is 51.3 Å². The van der Waals surface area contributed by atoms with Crippen LogP contribution in [0.25, 0.3) is 0 Å². The first kappa shape index (κ1) is 19.4. The summed E-state index contributed by atoms with van der Waals surface area (Å²) in [6.45, 7) is 0.278. The van der Waals surface area contributed by atoms with E-state index in [9.17, 15) is 14.7 Å². The van der Waals surface area contributed by atoms with Crippen molar-refractivity contribution < 1.29 is 19.1 Å². The predicted octanol–water partition coefficient (Wildman–Crippen LogP) is 2.70. The molecule has 2 heterocycles. The van der Waals surface area contributed by atoms with Crippen LogP contribution in [0.4, 0.5) is 0 Å². The zero-order valence-corrected chi connectivity index (χ0v) is 15.9. The van der Waals surface area contributed by atoms with Gasteiger partial charge < -0.3 is 20.2 Å². The standard InChI is InChI=1S/C20H24N2O4S/c23-18(21-10-8-15-5-2-1-3-6-15)19(24)22-14-20(25,16-9-12-27-13-16)17-7-4-11-26-17/h4-5,7,9,11-13,25H,1-3,6,8,10,14H2,(H,21,23)(H,22,24)/t20-/m1/s1. The molecule has 27 heavy (non-hydrogen) atoms. The summed E-state index contributed by atoms with van der Waals surface area (Å²) in [6.07, 6.45) is 9.03. The van der Waals surface area contributed by atoms with Crippen LogP contribution in [-0.2, 0) is 15.2 Å². The van der Waals surface area contributed by atoms with Gasteiger partial charge in [-0.2, -0.15) is 11.3 Å². The summed E-state index contributed by atoms with van der Waals surface area (Å²) in [5.74, 6) is -1.16. The Hall–Kier alpha value is -2.38. The predicted molar refractivity (Wildman–Crippen MR) is 103 cm³/mol. The molecule has 144 valence electrons. The van der Waals surface area contributed by atoms with E-state index in [1.165, 1.54) is 36.0 Å². The van der Waals surface area contributed by atoms with Crippen LogP contribution in [0.2, 0.25) is 0 Å². The Morgan fingerprint density at radius 1 is 1.22 bits per heavy atom. The monoisotopic (exact) mass is 388 g/mol. The lowest BCUT2D eigenvalue weighted by Crippen LogP contribution is -2.46. The number of furan rings is 1. The van der Waals surface area contributed by atoms with Crippen molar-refractivity contribution in [2.45, 2.75) is 37.7 Å². The lowest BCUT2D eigenvalue weighted by atomic mass is 9.93. The average Bonchev–Trinajstić information content (AvgIpc) is 3.41. The molecule has 3 N–H and O–H groups in total. The van der Waals surface area contributed by atoms with Crippen LogP contribution in [0.1, 0.15) is 43.4 Å². The molecule has 0 aromatic carbocycles. The molecule has 6 nitrogen and oxygen atoms in total. The summed E-state index contributed by atoms with van der Waals surface area (Å²) in [4.78, 5) is 24.2. The zero-order chi connectivity index (χ0) is 19.1. The Morgan fingerprint density at radius 2 is 2.07 bits per heavy atom. The second-order valence-corrected chi connectivity index (χ2v) is 7.43. The number of rotatable bonds is 7. The van der Waals surface area contributed by atoms with Crippen LogP contribution in [0.5, 0.6) is 0 Å². The van der Waals surface area contributed by atoms with E-state index in [4.69, 9.17) is 4.42 Å². The molecule has 0 saturated carbocycles.